The maximum Gasteiger partial charge on any atom is 0.270 e. The first-order valence-electron chi connectivity index (χ1n) is 9.84. The normalized spacial score (nSPS) is 29.6. The molecular formula is C20H24N4O2S. The van der Waals surface area contributed by atoms with E-state index >= 15 is 0 Å². The summed E-state index contributed by atoms with van der Waals surface area (Å²) in [5.74, 6) is 0.557. The van der Waals surface area contributed by atoms with Gasteiger partial charge in [0.25, 0.3) is 11.8 Å². The molecule has 7 heteroatoms. The number of carbonyl (C=O) groups is 2. The highest BCUT2D eigenvalue weighted by atomic mass is 32.1. The fourth-order valence-corrected chi connectivity index (χ4v) is 5.65. The van der Waals surface area contributed by atoms with Gasteiger partial charge in [0.15, 0.2) is 0 Å². The van der Waals surface area contributed by atoms with Crippen molar-refractivity contribution in [2.45, 2.75) is 38.3 Å². The average molecular weight is 385 g/mol. The summed E-state index contributed by atoms with van der Waals surface area (Å²) >= 11 is 1.45. The molecule has 1 N–H and O–H groups in total. The van der Waals surface area contributed by atoms with Crippen LogP contribution >= 0.6 is 11.3 Å². The van der Waals surface area contributed by atoms with E-state index in [1.807, 2.05) is 17.0 Å². The third kappa shape index (κ3) is 2.93. The van der Waals surface area contributed by atoms with Crippen molar-refractivity contribution in [2.75, 3.05) is 26.2 Å². The van der Waals surface area contributed by atoms with Gasteiger partial charge in [0.1, 0.15) is 5.69 Å². The van der Waals surface area contributed by atoms with Gasteiger partial charge in [-0.1, -0.05) is 0 Å². The molecule has 4 fully saturated rings. The molecule has 4 aliphatic rings. The van der Waals surface area contributed by atoms with Crippen molar-refractivity contribution in [2.24, 2.45) is 5.92 Å². The molecular weight excluding hydrogens is 360 g/mol. The molecule has 2 bridgehead atoms. The smallest absolute Gasteiger partial charge is 0.270 e. The van der Waals surface area contributed by atoms with E-state index in [0.29, 0.717) is 17.7 Å². The minimum Gasteiger partial charge on any atom is -0.346 e. The van der Waals surface area contributed by atoms with Gasteiger partial charge in [0.2, 0.25) is 0 Å². The van der Waals surface area contributed by atoms with Gasteiger partial charge >= 0.3 is 0 Å². The molecule has 0 spiro atoms. The lowest BCUT2D eigenvalue weighted by atomic mass is 9.79. The highest BCUT2D eigenvalue weighted by Crippen LogP contribution is 2.32. The molecule has 6 heterocycles. The molecule has 0 aliphatic carbocycles. The van der Waals surface area contributed by atoms with Crippen LogP contribution in [-0.4, -0.2) is 64.9 Å². The molecule has 0 aromatic carbocycles. The Kier molecular flexibility index (Phi) is 4.16. The summed E-state index contributed by atoms with van der Waals surface area (Å²) in [7, 11) is 0. The zero-order chi connectivity index (χ0) is 18.5. The predicted octanol–water partition coefficient (Wildman–Crippen LogP) is 2.35. The van der Waals surface area contributed by atoms with Gasteiger partial charge in [-0.15, -0.1) is 11.3 Å². The third-order valence-corrected chi connectivity index (χ3v) is 7.55. The fraction of sp³-hybridized carbons (Fsp3) is 0.550. The van der Waals surface area contributed by atoms with Crippen LogP contribution in [0.5, 0.6) is 0 Å². The number of hydrogen-bond acceptors (Lipinski definition) is 5. The van der Waals surface area contributed by atoms with E-state index < -0.39 is 0 Å². The number of pyridine rings is 1. The van der Waals surface area contributed by atoms with Gasteiger partial charge in [0, 0.05) is 41.5 Å². The van der Waals surface area contributed by atoms with Crippen molar-refractivity contribution in [3.05, 3.63) is 28.9 Å². The van der Waals surface area contributed by atoms with Crippen LogP contribution in [-0.2, 0) is 0 Å². The zero-order valence-corrected chi connectivity index (χ0v) is 16.3. The summed E-state index contributed by atoms with van der Waals surface area (Å²) in [6.45, 7) is 6.18. The first kappa shape index (κ1) is 17.1. The van der Waals surface area contributed by atoms with Crippen molar-refractivity contribution in [3.63, 3.8) is 0 Å². The second kappa shape index (κ2) is 6.56. The monoisotopic (exact) mass is 384 g/mol. The molecule has 0 unspecified atom stereocenters. The van der Waals surface area contributed by atoms with Crippen LogP contribution in [0.15, 0.2) is 18.3 Å². The van der Waals surface area contributed by atoms with Crippen LogP contribution in [0.25, 0.3) is 10.1 Å². The third-order valence-electron chi connectivity index (χ3n) is 6.46. The van der Waals surface area contributed by atoms with Crippen molar-refractivity contribution in [3.8, 4) is 0 Å². The molecule has 4 saturated heterocycles. The van der Waals surface area contributed by atoms with Gasteiger partial charge in [-0.25, -0.2) is 0 Å². The maximum atomic E-state index is 12.8. The van der Waals surface area contributed by atoms with Gasteiger partial charge in [-0.3, -0.25) is 19.5 Å². The standard InChI is InChI=1S/C20H24N4O2S/c1-12-18(13-3-7-23(12)8-4-13)22-19(25)15-10-16-14(11-21-15)9-17(27-16)20(26)24-5-2-6-24/h9-13,18H,2-8H2,1H3,(H,22,25)/t12-,18-/m0/s1. The van der Waals surface area contributed by atoms with E-state index in [-0.39, 0.29) is 17.9 Å². The summed E-state index contributed by atoms with van der Waals surface area (Å²) in [6, 6.07) is 4.30. The van der Waals surface area contributed by atoms with Crippen molar-refractivity contribution in [1.82, 2.24) is 20.1 Å². The molecule has 142 valence electrons. The summed E-state index contributed by atoms with van der Waals surface area (Å²) < 4.78 is 0.945. The molecule has 6 nitrogen and oxygen atoms in total. The van der Waals surface area contributed by atoms with E-state index in [4.69, 9.17) is 0 Å². The first-order valence-corrected chi connectivity index (χ1v) is 10.7. The summed E-state index contributed by atoms with van der Waals surface area (Å²) in [5.41, 5.74) is 0.441. The largest absolute Gasteiger partial charge is 0.346 e. The Morgan fingerprint density at radius 2 is 1.96 bits per heavy atom. The summed E-state index contributed by atoms with van der Waals surface area (Å²) in [5, 5.41) is 4.16. The Hall–Kier alpha value is -1.99. The lowest BCUT2D eigenvalue weighted by molar-refractivity contribution is 0.0216. The van der Waals surface area contributed by atoms with E-state index in [1.54, 1.807) is 6.20 Å². The van der Waals surface area contributed by atoms with Crippen molar-refractivity contribution >= 4 is 33.2 Å². The molecule has 2 atom stereocenters. The number of piperidine rings is 3. The van der Waals surface area contributed by atoms with Gasteiger partial charge in [-0.2, -0.15) is 0 Å². The number of amides is 2. The Morgan fingerprint density at radius 3 is 2.63 bits per heavy atom. The zero-order valence-electron chi connectivity index (χ0n) is 15.5. The van der Waals surface area contributed by atoms with E-state index in [2.05, 4.69) is 22.1 Å². The topological polar surface area (TPSA) is 65.5 Å². The molecule has 6 rings (SSSR count). The minimum absolute atomic E-state index is 0.0922. The van der Waals surface area contributed by atoms with Crippen LogP contribution < -0.4 is 5.32 Å². The lowest BCUT2D eigenvalue weighted by Gasteiger charge is -2.49. The molecule has 0 radical (unpaired) electrons. The number of nitrogens with one attached hydrogen (secondary N) is 1. The molecule has 2 aromatic heterocycles. The number of carbonyl (C=O) groups excluding carboxylic acids is 2. The van der Waals surface area contributed by atoms with Crippen LogP contribution in [0.1, 0.15) is 46.3 Å². The maximum absolute atomic E-state index is 12.8. The van der Waals surface area contributed by atoms with Gasteiger partial charge in [-0.05, 0) is 57.3 Å². The number of thiophene rings is 1. The molecule has 0 saturated carbocycles. The predicted molar refractivity (Wildman–Crippen MR) is 105 cm³/mol. The van der Waals surface area contributed by atoms with Gasteiger partial charge < -0.3 is 10.2 Å². The van der Waals surface area contributed by atoms with Crippen LogP contribution in [0.2, 0.25) is 0 Å². The van der Waals surface area contributed by atoms with Gasteiger partial charge in [0.05, 0.1) is 4.88 Å². The summed E-state index contributed by atoms with van der Waals surface area (Å²) in [6.07, 6.45) is 5.12. The lowest BCUT2D eigenvalue weighted by Crippen LogP contribution is -2.62. The average Bonchev–Trinajstić information content (AvgIpc) is 3.07. The SMILES string of the molecule is C[C@H]1[C@H](NC(=O)c2cc3sc(C(=O)N4CCC4)cc3cn2)C2CCN1CC2. The number of hydrogen-bond donors (Lipinski definition) is 1. The Labute approximate surface area is 162 Å². The van der Waals surface area contributed by atoms with E-state index in [9.17, 15) is 9.59 Å². The Balaban J connectivity index is 1.35. The van der Waals surface area contributed by atoms with Crippen molar-refractivity contribution in [1.29, 1.82) is 0 Å². The molecule has 27 heavy (non-hydrogen) atoms. The summed E-state index contributed by atoms with van der Waals surface area (Å²) in [4.78, 5) is 34.7. The highest BCUT2D eigenvalue weighted by molar-refractivity contribution is 7.20. The number of fused-ring (bicyclic) bond motifs is 4. The Morgan fingerprint density at radius 1 is 1.19 bits per heavy atom. The second-order valence-corrected chi connectivity index (χ2v) is 9.06. The minimum atomic E-state index is -0.105. The molecule has 2 amide bonds. The highest BCUT2D eigenvalue weighted by Gasteiger charge is 2.40. The van der Waals surface area contributed by atoms with Crippen LogP contribution in [0, 0.1) is 5.92 Å². The van der Waals surface area contributed by atoms with Crippen molar-refractivity contribution < 1.29 is 9.59 Å². The number of likely N-dealkylation sites (tertiary alicyclic amines) is 1. The number of rotatable bonds is 3. The number of aromatic nitrogens is 1. The van der Waals surface area contributed by atoms with Crippen LogP contribution in [0.4, 0.5) is 0 Å². The van der Waals surface area contributed by atoms with E-state index in [1.165, 1.54) is 11.3 Å². The fourth-order valence-electron chi connectivity index (χ4n) is 4.61. The molecule has 4 aliphatic heterocycles. The number of nitrogens with zero attached hydrogens (tertiary/aromatic N) is 3. The van der Waals surface area contributed by atoms with Crippen LogP contribution in [0.3, 0.4) is 0 Å². The molecule has 2 aromatic rings. The van der Waals surface area contributed by atoms with E-state index in [0.717, 1.165) is 60.4 Å². The Bertz CT molecular complexity index is 897. The second-order valence-electron chi connectivity index (χ2n) is 7.98. The quantitative estimate of drug-likeness (QED) is 0.882. The first-order chi connectivity index (χ1) is 13.1.